The smallest absolute Gasteiger partial charge is 0.416 e. The van der Waals surface area contributed by atoms with E-state index in [4.69, 9.17) is 11.6 Å². The molecule has 0 aliphatic carbocycles. The molecule has 1 aromatic carbocycles. The van der Waals surface area contributed by atoms with E-state index in [9.17, 15) is 24.7 Å². The lowest BCUT2D eigenvalue weighted by Gasteiger charge is -2.10. The third kappa shape index (κ3) is 3.38. The van der Waals surface area contributed by atoms with Crippen LogP contribution in [0.25, 0.3) is 22.1 Å². The van der Waals surface area contributed by atoms with Crippen molar-refractivity contribution in [3.8, 4) is 0 Å². The van der Waals surface area contributed by atoms with Crippen LogP contribution in [0.5, 0.6) is 0 Å². The second-order valence-corrected chi connectivity index (χ2v) is 8.40. The summed E-state index contributed by atoms with van der Waals surface area (Å²) in [7, 11) is 2.99. The number of imidazole rings is 1. The van der Waals surface area contributed by atoms with E-state index in [0.717, 1.165) is 9.13 Å². The SMILES string of the molecule is Cn1c(/C(=N/O)c2ccccn2)nc2c1c(=O)n(Cc1cc3c(Cl)cccc3n1C(=O)O)c(=O)n2C. The number of carbonyl (C=O) groups is 1. The second-order valence-electron chi connectivity index (χ2n) is 7.99. The van der Waals surface area contributed by atoms with Gasteiger partial charge in [-0.05, 0) is 30.3 Å². The molecule has 0 atom stereocenters. The third-order valence-corrected chi connectivity index (χ3v) is 6.29. The summed E-state index contributed by atoms with van der Waals surface area (Å²) in [6.45, 7) is -0.333. The number of hydrogen-bond donors (Lipinski definition) is 2. The van der Waals surface area contributed by atoms with Gasteiger partial charge in [0.15, 0.2) is 22.7 Å². The van der Waals surface area contributed by atoms with Crippen molar-refractivity contribution in [1.29, 1.82) is 0 Å². The molecular formula is C23H18ClN7O5. The summed E-state index contributed by atoms with van der Waals surface area (Å²) in [5.41, 5.74) is -0.444. The average molecular weight is 508 g/mol. The fourth-order valence-corrected chi connectivity index (χ4v) is 4.49. The van der Waals surface area contributed by atoms with E-state index in [1.165, 1.54) is 28.4 Å². The molecule has 0 unspecified atom stereocenters. The molecule has 13 heteroatoms. The first-order valence-corrected chi connectivity index (χ1v) is 10.9. The van der Waals surface area contributed by atoms with E-state index in [1.807, 2.05) is 0 Å². The van der Waals surface area contributed by atoms with E-state index >= 15 is 0 Å². The van der Waals surface area contributed by atoms with Crippen LogP contribution in [0.1, 0.15) is 17.2 Å². The maximum Gasteiger partial charge on any atom is 0.416 e. The highest BCUT2D eigenvalue weighted by Crippen LogP contribution is 2.27. The number of rotatable bonds is 4. The van der Waals surface area contributed by atoms with Crippen LogP contribution in [0.3, 0.4) is 0 Å². The molecule has 5 rings (SSSR count). The molecule has 182 valence electrons. The molecule has 36 heavy (non-hydrogen) atoms. The van der Waals surface area contributed by atoms with Gasteiger partial charge in [0.25, 0.3) is 5.56 Å². The number of halogens is 1. The number of oxime groups is 1. The number of aryl methyl sites for hydroxylation is 2. The lowest BCUT2D eigenvalue weighted by atomic mass is 10.2. The van der Waals surface area contributed by atoms with Gasteiger partial charge in [0.1, 0.15) is 0 Å². The van der Waals surface area contributed by atoms with Crippen molar-refractivity contribution in [1.82, 2.24) is 28.2 Å². The lowest BCUT2D eigenvalue weighted by Crippen LogP contribution is -2.40. The minimum Gasteiger partial charge on any atom is -0.464 e. The van der Waals surface area contributed by atoms with Gasteiger partial charge in [-0.15, -0.1) is 0 Å². The molecule has 0 saturated carbocycles. The largest absolute Gasteiger partial charge is 0.464 e. The minimum absolute atomic E-state index is 0.00773. The molecule has 0 amide bonds. The standard InChI is InChI=1S/C23H18ClN7O5/c1-28-18-20(26-19(28)17(27-36)15-7-3-4-9-25-15)29(2)22(33)30(21(18)32)11-12-10-13-14(24)6-5-8-16(13)31(12)23(34)35/h3-10,36H,11H2,1-2H3,(H,34,35)/b27-17+. The van der Waals surface area contributed by atoms with Crippen LogP contribution in [-0.2, 0) is 20.6 Å². The zero-order chi connectivity index (χ0) is 25.7. The van der Waals surface area contributed by atoms with Crippen molar-refractivity contribution in [2.24, 2.45) is 19.3 Å². The maximum atomic E-state index is 13.5. The van der Waals surface area contributed by atoms with Gasteiger partial charge in [-0.1, -0.05) is 28.9 Å². The molecule has 4 aromatic heterocycles. The van der Waals surface area contributed by atoms with Crippen LogP contribution < -0.4 is 11.2 Å². The summed E-state index contributed by atoms with van der Waals surface area (Å²) in [4.78, 5) is 47.3. The zero-order valence-electron chi connectivity index (χ0n) is 19.0. The molecule has 2 N–H and O–H groups in total. The van der Waals surface area contributed by atoms with Crippen molar-refractivity contribution in [2.45, 2.75) is 6.54 Å². The topological polar surface area (TPSA) is 150 Å². The van der Waals surface area contributed by atoms with Gasteiger partial charge in [0.2, 0.25) is 0 Å². The molecule has 0 aliphatic heterocycles. The normalized spacial score (nSPS) is 12.0. The number of pyridine rings is 1. The number of nitrogens with zero attached hydrogens (tertiary/aromatic N) is 7. The molecule has 0 aliphatic rings. The summed E-state index contributed by atoms with van der Waals surface area (Å²) in [5.74, 6) is 0.113. The predicted octanol–water partition coefficient (Wildman–Crippen LogP) is 2.24. The summed E-state index contributed by atoms with van der Waals surface area (Å²) < 4.78 is 4.49. The monoisotopic (exact) mass is 507 g/mol. The number of carboxylic acid groups (broad SMARTS) is 1. The fraction of sp³-hybridized carbons (Fsp3) is 0.130. The van der Waals surface area contributed by atoms with Gasteiger partial charge in [0.05, 0.1) is 23.4 Å². The highest BCUT2D eigenvalue weighted by atomic mass is 35.5. The van der Waals surface area contributed by atoms with Crippen LogP contribution in [0.2, 0.25) is 5.02 Å². The Morgan fingerprint density at radius 1 is 1.11 bits per heavy atom. The summed E-state index contributed by atoms with van der Waals surface area (Å²) >= 11 is 6.24. The fourth-order valence-electron chi connectivity index (χ4n) is 4.26. The highest BCUT2D eigenvalue weighted by molar-refractivity contribution is 6.35. The average Bonchev–Trinajstić information content (AvgIpc) is 3.41. The predicted molar refractivity (Wildman–Crippen MR) is 131 cm³/mol. The lowest BCUT2D eigenvalue weighted by molar-refractivity contribution is 0.196. The van der Waals surface area contributed by atoms with Gasteiger partial charge in [-0.25, -0.2) is 19.1 Å². The first kappa shape index (κ1) is 23.1. The molecule has 0 spiro atoms. The van der Waals surface area contributed by atoms with E-state index < -0.39 is 17.3 Å². The van der Waals surface area contributed by atoms with Gasteiger partial charge < -0.3 is 14.9 Å². The Kier molecular flexibility index (Phi) is 5.44. The van der Waals surface area contributed by atoms with Gasteiger partial charge in [-0.3, -0.25) is 18.9 Å². The van der Waals surface area contributed by atoms with Crippen molar-refractivity contribution < 1.29 is 15.1 Å². The van der Waals surface area contributed by atoms with Crippen molar-refractivity contribution in [3.05, 3.63) is 91.7 Å². The molecular weight excluding hydrogens is 490 g/mol. The van der Waals surface area contributed by atoms with Crippen molar-refractivity contribution in [3.63, 3.8) is 0 Å². The minimum atomic E-state index is -1.28. The van der Waals surface area contributed by atoms with Crippen molar-refractivity contribution >= 4 is 45.5 Å². The van der Waals surface area contributed by atoms with Gasteiger partial charge in [0, 0.05) is 30.7 Å². The molecule has 0 radical (unpaired) electrons. The highest BCUT2D eigenvalue weighted by Gasteiger charge is 2.24. The Morgan fingerprint density at radius 3 is 2.56 bits per heavy atom. The Hall–Kier alpha value is -4.71. The Balaban J connectivity index is 1.73. The van der Waals surface area contributed by atoms with E-state index in [0.29, 0.717) is 21.6 Å². The van der Waals surface area contributed by atoms with Crippen molar-refractivity contribution in [2.75, 3.05) is 0 Å². The molecule has 0 saturated heterocycles. The van der Waals surface area contributed by atoms with E-state index in [1.54, 1.807) is 43.4 Å². The summed E-state index contributed by atoms with van der Waals surface area (Å²) in [5, 5.41) is 23.6. The molecule has 12 nitrogen and oxygen atoms in total. The van der Waals surface area contributed by atoms with Crippen LogP contribution in [0, 0.1) is 0 Å². The molecule has 0 bridgehead atoms. The Labute approximate surface area is 206 Å². The summed E-state index contributed by atoms with van der Waals surface area (Å²) in [6.07, 6.45) is 0.231. The molecule has 5 aromatic rings. The van der Waals surface area contributed by atoms with Crippen LogP contribution in [0.15, 0.2) is 63.4 Å². The maximum absolute atomic E-state index is 13.5. The summed E-state index contributed by atoms with van der Waals surface area (Å²) in [6, 6.07) is 11.4. The molecule has 4 heterocycles. The molecule has 0 fully saturated rings. The van der Waals surface area contributed by atoms with E-state index in [-0.39, 0.29) is 34.9 Å². The van der Waals surface area contributed by atoms with Crippen LogP contribution >= 0.6 is 11.6 Å². The number of aromatic nitrogens is 6. The number of benzene rings is 1. The van der Waals surface area contributed by atoms with E-state index in [2.05, 4.69) is 15.1 Å². The third-order valence-electron chi connectivity index (χ3n) is 5.96. The number of hydrogen-bond acceptors (Lipinski definition) is 7. The zero-order valence-corrected chi connectivity index (χ0v) is 19.7. The number of fused-ring (bicyclic) bond motifs is 2. The first-order valence-electron chi connectivity index (χ1n) is 10.6. The van der Waals surface area contributed by atoms with Crippen LogP contribution in [-0.4, -0.2) is 50.4 Å². The van der Waals surface area contributed by atoms with Gasteiger partial charge >= 0.3 is 11.8 Å². The second kappa shape index (κ2) is 8.50. The van der Waals surface area contributed by atoms with Gasteiger partial charge in [-0.2, -0.15) is 0 Å². The first-order chi connectivity index (χ1) is 17.2. The Bertz CT molecular complexity index is 1830. The Morgan fingerprint density at radius 2 is 1.89 bits per heavy atom. The van der Waals surface area contributed by atoms with Crippen LogP contribution in [0.4, 0.5) is 4.79 Å². The quantitative estimate of drug-likeness (QED) is 0.215.